The van der Waals surface area contributed by atoms with Gasteiger partial charge in [-0.2, -0.15) is 0 Å². The molecule has 0 aliphatic carbocycles. The highest BCUT2D eigenvalue weighted by Gasteiger charge is 2.21. The molecule has 0 saturated heterocycles. The zero-order valence-corrected chi connectivity index (χ0v) is 30.1. The molecule has 0 unspecified atom stereocenters. The summed E-state index contributed by atoms with van der Waals surface area (Å²) in [4.78, 5) is 14.6. The van der Waals surface area contributed by atoms with Gasteiger partial charge in [0.1, 0.15) is 0 Å². The van der Waals surface area contributed by atoms with Gasteiger partial charge in [-0.3, -0.25) is 0 Å². The molecule has 6 aromatic carbocycles. The second-order valence-corrected chi connectivity index (χ2v) is 15.5. The van der Waals surface area contributed by atoms with Crippen LogP contribution in [0.5, 0.6) is 0 Å². The molecule has 2 heterocycles. The minimum Gasteiger partial charge on any atom is -0.309 e. The van der Waals surface area contributed by atoms with Gasteiger partial charge in [-0.05, 0) is 69.5 Å². The van der Waals surface area contributed by atoms with Gasteiger partial charge in [-0.1, -0.05) is 151 Å². The maximum Gasteiger partial charge on any atom is 0.164 e. The van der Waals surface area contributed by atoms with E-state index in [0.717, 1.165) is 33.5 Å². The number of nitrogens with zero attached hydrogens (tertiary/aromatic N) is 4. The van der Waals surface area contributed by atoms with Crippen LogP contribution >= 0.6 is 0 Å². The molecule has 0 saturated carbocycles. The molecule has 4 heteroatoms. The van der Waals surface area contributed by atoms with Crippen molar-refractivity contribution in [2.45, 2.75) is 52.4 Å². The Morgan fingerprint density at radius 2 is 0.725 bits per heavy atom. The fourth-order valence-corrected chi connectivity index (χ4v) is 6.79. The lowest BCUT2D eigenvalue weighted by Gasteiger charge is -2.19. The Morgan fingerprint density at radius 1 is 0.373 bits per heavy atom. The van der Waals surface area contributed by atoms with Gasteiger partial charge in [0.25, 0.3) is 0 Å². The third-order valence-corrected chi connectivity index (χ3v) is 9.80. The van der Waals surface area contributed by atoms with E-state index in [9.17, 15) is 0 Å². The van der Waals surface area contributed by atoms with Gasteiger partial charge >= 0.3 is 0 Å². The summed E-state index contributed by atoms with van der Waals surface area (Å²) in [5.41, 5.74) is 11.6. The Bertz CT molecular complexity index is 2370. The van der Waals surface area contributed by atoms with Gasteiger partial charge in [0.15, 0.2) is 17.5 Å². The highest BCUT2D eigenvalue weighted by atomic mass is 15.0. The normalized spacial score (nSPS) is 12.1. The first-order chi connectivity index (χ1) is 24.5. The Hall–Kier alpha value is -5.87. The molecule has 8 rings (SSSR count). The lowest BCUT2D eigenvalue weighted by molar-refractivity contribution is 0.590. The molecule has 8 aromatic rings. The van der Waals surface area contributed by atoms with Crippen molar-refractivity contribution in [3.63, 3.8) is 0 Å². The predicted molar refractivity (Wildman–Crippen MR) is 213 cm³/mol. The molecule has 0 aliphatic heterocycles. The van der Waals surface area contributed by atoms with Crippen LogP contribution in [0.3, 0.4) is 0 Å². The van der Waals surface area contributed by atoms with E-state index < -0.39 is 0 Å². The minimum atomic E-state index is 0.0688. The van der Waals surface area contributed by atoms with Crippen LogP contribution in [0.1, 0.15) is 52.7 Å². The van der Waals surface area contributed by atoms with Crippen molar-refractivity contribution in [1.29, 1.82) is 0 Å². The van der Waals surface area contributed by atoms with Crippen LogP contribution in [0.15, 0.2) is 146 Å². The molecule has 0 bridgehead atoms. The average Bonchev–Trinajstić information content (AvgIpc) is 3.48. The summed E-state index contributed by atoms with van der Waals surface area (Å²) in [6, 6.07) is 51.6. The summed E-state index contributed by atoms with van der Waals surface area (Å²) in [5, 5.41) is 2.60. The Kier molecular flexibility index (Phi) is 7.91. The molecule has 0 N–H and O–H groups in total. The number of fused-ring (bicyclic) bond motifs is 3. The molecule has 4 nitrogen and oxygen atoms in total. The highest BCUT2D eigenvalue weighted by molar-refractivity contribution is 6.10. The van der Waals surface area contributed by atoms with Gasteiger partial charge in [-0.15, -0.1) is 0 Å². The molecule has 0 fully saturated rings. The van der Waals surface area contributed by atoms with Gasteiger partial charge in [0.2, 0.25) is 0 Å². The summed E-state index contributed by atoms with van der Waals surface area (Å²) >= 11 is 0. The van der Waals surface area contributed by atoms with E-state index in [1.807, 2.05) is 60.7 Å². The monoisotopic (exact) mass is 662 g/mol. The maximum absolute atomic E-state index is 4.90. The van der Waals surface area contributed by atoms with Crippen LogP contribution in [0.4, 0.5) is 0 Å². The van der Waals surface area contributed by atoms with E-state index in [1.165, 1.54) is 32.9 Å². The van der Waals surface area contributed by atoms with Crippen LogP contribution in [0.25, 0.3) is 72.8 Å². The van der Waals surface area contributed by atoms with E-state index in [2.05, 4.69) is 131 Å². The quantitative estimate of drug-likeness (QED) is 0.184. The summed E-state index contributed by atoms with van der Waals surface area (Å²) < 4.78 is 2.41. The predicted octanol–water partition coefficient (Wildman–Crippen LogP) is 12.2. The fourth-order valence-electron chi connectivity index (χ4n) is 6.79. The van der Waals surface area contributed by atoms with Crippen molar-refractivity contribution in [2.24, 2.45) is 0 Å². The number of hydrogen-bond acceptors (Lipinski definition) is 3. The number of benzene rings is 6. The minimum absolute atomic E-state index is 0.0688. The largest absolute Gasteiger partial charge is 0.309 e. The number of aromatic nitrogens is 4. The third-order valence-electron chi connectivity index (χ3n) is 9.80. The van der Waals surface area contributed by atoms with Crippen molar-refractivity contribution in [3.8, 4) is 51.0 Å². The first-order valence-corrected chi connectivity index (χ1v) is 17.7. The van der Waals surface area contributed by atoms with E-state index in [0.29, 0.717) is 17.5 Å². The van der Waals surface area contributed by atoms with Crippen LogP contribution in [0, 0.1) is 0 Å². The van der Waals surface area contributed by atoms with Crippen molar-refractivity contribution in [3.05, 3.63) is 157 Å². The number of hydrogen-bond donors (Lipinski definition) is 0. The van der Waals surface area contributed by atoms with Crippen LogP contribution in [-0.4, -0.2) is 19.5 Å². The zero-order chi connectivity index (χ0) is 35.3. The molecular weight excluding hydrogens is 621 g/mol. The highest BCUT2D eigenvalue weighted by Crippen LogP contribution is 2.38. The fraction of sp³-hybridized carbons (Fsp3) is 0.170. The molecule has 0 amide bonds. The second-order valence-electron chi connectivity index (χ2n) is 15.5. The molecule has 0 spiro atoms. The topological polar surface area (TPSA) is 43.6 Å². The molecular formula is C47H42N4. The van der Waals surface area contributed by atoms with Crippen LogP contribution in [0.2, 0.25) is 0 Å². The van der Waals surface area contributed by atoms with E-state index in [-0.39, 0.29) is 10.8 Å². The lowest BCUT2D eigenvalue weighted by atomic mass is 9.85. The van der Waals surface area contributed by atoms with Crippen molar-refractivity contribution >= 4 is 21.8 Å². The van der Waals surface area contributed by atoms with Crippen molar-refractivity contribution in [2.75, 3.05) is 0 Å². The first kappa shape index (κ1) is 32.3. The second kappa shape index (κ2) is 12.5. The Morgan fingerprint density at radius 3 is 1.12 bits per heavy atom. The standard InChI is InChI=1S/C47H42N4/c1-46(2,3)36-23-27-41-39(29-36)40-30-37(47(4,5)6)24-28-42(40)51(41)38-25-21-32(22-26-38)31-17-19-35(20-18-31)45-49-43(33-13-9-7-10-14-33)48-44(50-45)34-15-11-8-12-16-34/h7-30H,1-6H3. The smallest absolute Gasteiger partial charge is 0.164 e. The van der Waals surface area contributed by atoms with Gasteiger partial charge in [0.05, 0.1) is 11.0 Å². The van der Waals surface area contributed by atoms with E-state index in [4.69, 9.17) is 15.0 Å². The number of rotatable bonds is 5. The Labute approximate surface area is 300 Å². The molecule has 0 aliphatic rings. The molecule has 2 aromatic heterocycles. The SMILES string of the molecule is CC(C)(C)c1ccc2c(c1)c1cc(C(C)(C)C)ccc1n2-c1ccc(-c2ccc(-c3nc(-c4ccccc4)nc(-c4ccccc4)n3)cc2)cc1. The lowest BCUT2D eigenvalue weighted by Crippen LogP contribution is -2.10. The average molecular weight is 663 g/mol. The van der Waals surface area contributed by atoms with Crippen molar-refractivity contribution in [1.82, 2.24) is 19.5 Å². The van der Waals surface area contributed by atoms with Gasteiger partial charge in [-0.25, -0.2) is 15.0 Å². The Balaban J connectivity index is 1.16. The summed E-state index contributed by atoms with van der Waals surface area (Å²) in [6.45, 7) is 13.7. The zero-order valence-electron chi connectivity index (χ0n) is 30.1. The molecule has 0 radical (unpaired) electrons. The maximum atomic E-state index is 4.90. The van der Waals surface area contributed by atoms with Gasteiger partial charge in [0, 0.05) is 33.2 Å². The van der Waals surface area contributed by atoms with Gasteiger partial charge < -0.3 is 4.57 Å². The van der Waals surface area contributed by atoms with Crippen LogP contribution < -0.4 is 0 Å². The van der Waals surface area contributed by atoms with Crippen LogP contribution in [-0.2, 0) is 10.8 Å². The summed E-state index contributed by atoms with van der Waals surface area (Å²) in [7, 11) is 0. The van der Waals surface area contributed by atoms with Crippen molar-refractivity contribution < 1.29 is 0 Å². The van der Waals surface area contributed by atoms with E-state index >= 15 is 0 Å². The summed E-state index contributed by atoms with van der Waals surface area (Å²) in [6.07, 6.45) is 0. The molecule has 250 valence electrons. The first-order valence-electron chi connectivity index (χ1n) is 17.7. The third kappa shape index (κ3) is 6.23. The molecule has 0 atom stereocenters. The molecule has 51 heavy (non-hydrogen) atoms. The summed E-state index contributed by atoms with van der Waals surface area (Å²) in [5.74, 6) is 1.97. The van der Waals surface area contributed by atoms with E-state index in [1.54, 1.807) is 0 Å².